The molecule has 4 N–H and O–H groups in total. The number of nitrogens with two attached hydrogens (primary N) is 1. The molecule has 0 fully saturated rings. The summed E-state index contributed by atoms with van der Waals surface area (Å²) in [7, 11) is 1.45. The van der Waals surface area contributed by atoms with Crippen molar-refractivity contribution in [3.63, 3.8) is 0 Å². The number of hydrogen-bond acceptors (Lipinski definition) is 10. The zero-order valence-electron chi connectivity index (χ0n) is 17.9. The van der Waals surface area contributed by atoms with Gasteiger partial charge in [0.05, 0.1) is 29.8 Å². The molecule has 1 unspecified atom stereocenters. The van der Waals surface area contributed by atoms with Gasteiger partial charge in [0, 0.05) is 12.1 Å². The topological polar surface area (TPSA) is 172 Å². The van der Waals surface area contributed by atoms with Gasteiger partial charge in [-0.1, -0.05) is 11.6 Å². The van der Waals surface area contributed by atoms with E-state index in [-0.39, 0.29) is 16.8 Å². The number of halogens is 1. The van der Waals surface area contributed by atoms with Crippen LogP contribution in [0.5, 0.6) is 5.75 Å². The normalized spacial score (nSPS) is 11.1. The van der Waals surface area contributed by atoms with Crippen LogP contribution in [0.2, 0.25) is 5.02 Å². The number of ether oxygens (including phenoxy) is 1. The van der Waals surface area contributed by atoms with Gasteiger partial charge in [-0.15, -0.1) is 5.10 Å². The largest absolute Gasteiger partial charge is 0.495 e. The van der Waals surface area contributed by atoms with E-state index in [1.807, 2.05) is 6.07 Å². The Morgan fingerprint density at radius 2 is 2.00 bits per heavy atom. The van der Waals surface area contributed by atoms with Gasteiger partial charge < -0.3 is 21.1 Å². The molecule has 0 aliphatic heterocycles. The predicted octanol–water partition coefficient (Wildman–Crippen LogP) is 2.77. The Kier molecular flexibility index (Phi) is 7.77. The summed E-state index contributed by atoms with van der Waals surface area (Å²) in [4.78, 5) is 28.3. The van der Waals surface area contributed by atoms with Gasteiger partial charge in [0.2, 0.25) is 11.8 Å². The molecule has 34 heavy (non-hydrogen) atoms. The van der Waals surface area contributed by atoms with Gasteiger partial charge in [-0.3, -0.25) is 9.59 Å². The molecule has 0 saturated heterocycles. The Morgan fingerprint density at radius 3 is 2.62 bits per heavy atom. The van der Waals surface area contributed by atoms with E-state index in [4.69, 9.17) is 32.6 Å². The second kappa shape index (κ2) is 10.9. The molecule has 0 radical (unpaired) electrons. The second-order valence-corrected chi connectivity index (χ2v) is 7.32. The number of nitrogens with one attached hydrogen (secondary N) is 2. The lowest BCUT2D eigenvalue weighted by atomic mass is 10.1. The van der Waals surface area contributed by atoms with Gasteiger partial charge in [0.25, 0.3) is 0 Å². The van der Waals surface area contributed by atoms with Crippen molar-refractivity contribution in [3.05, 3.63) is 62.9 Å². The molecule has 3 rings (SSSR count). The van der Waals surface area contributed by atoms with Crippen LogP contribution in [0.3, 0.4) is 0 Å². The van der Waals surface area contributed by atoms with Crippen LogP contribution in [0.25, 0.3) is 0 Å². The van der Waals surface area contributed by atoms with Crippen LogP contribution in [0, 0.1) is 22.7 Å². The quantitative estimate of drug-likeness (QED) is 0.388. The van der Waals surface area contributed by atoms with Gasteiger partial charge in [-0.2, -0.15) is 20.2 Å². The van der Waals surface area contributed by atoms with Crippen LogP contribution >= 0.6 is 11.6 Å². The van der Waals surface area contributed by atoms with Crippen molar-refractivity contribution in [2.24, 2.45) is 5.73 Å². The molecule has 11 nitrogen and oxygen atoms in total. The van der Waals surface area contributed by atoms with E-state index in [2.05, 4.69) is 26.8 Å². The van der Waals surface area contributed by atoms with Crippen molar-refractivity contribution >= 4 is 41.0 Å². The SMILES string of the molecule is COc1cc(CCC#N)cc(Cl)c1Nc1nc(Nc2ccc(C#N)cc2)c(=O)n(C(N)C=O)n1. The van der Waals surface area contributed by atoms with Gasteiger partial charge in [-0.05, 0) is 48.4 Å². The monoisotopic (exact) mass is 478 g/mol. The Labute approximate surface area is 199 Å². The summed E-state index contributed by atoms with van der Waals surface area (Å²) in [6.45, 7) is 0. The summed E-state index contributed by atoms with van der Waals surface area (Å²) in [5.41, 5.74) is 7.04. The molecule has 12 heteroatoms. The maximum absolute atomic E-state index is 12.8. The first-order valence-electron chi connectivity index (χ1n) is 9.89. The van der Waals surface area contributed by atoms with E-state index in [1.165, 1.54) is 7.11 Å². The van der Waals surface area contributed by atoms with Crippen LogP contribution < -0.4 is 26.7 Å². The number of rotatable bonds is 9. The van der Waals surface area contributed by atoms with Crippen LogP contribution in [0.4, 0.5) is 23.1 Å². The third-order valence-corrected chi connectivity index (χ3v) is 4.92. The van der Waals surface area contributed by atoms with E-state index >= 15 is 0 Å². The van der Waals surface area contributed by atoms with E-state index in [1.54, 1.807) is 36.4 Å². The average molecular weight is 479 g/mol. The maximum Gasteiger partial charge on any atom is 0.311 e. The minimum atomic E-state index is -1.36. The highest BCUT2D eigenvalue weighted by molar-refractivity contribution is 6.33. The van der Waals surface area contributed by atoms with Crippen molar-refractivity contribution in [2.75, 3.05) is 17.7 Å². The highest BCUT2D eigenvalue weighted by atomic mass is 35.5. The Hall–Kier alpha value is -4.45. The number of nitrogens with zero attached hydrogens (tertiary/aromatic N) is 5. The van der Waals surface area contributed by atoms with Crippen LogP contribution in [-0.4, -0.2) is 28.2 Å². The molecule has 0 bridgehead atoms. The van der Waals surface area contributed by atoms with Crippen molar-refractivity contribution < 1.29 is 9.53 Å². The van der Waals surface area contributed by atoms with E-state index < -0.39 is 11.7 Å². The molecule has 0 saturated carbocycles. The predicted molar refractivity (Wildman–Crippen MR) is 125 cm³/mol. The van der Waals surface area contributed by atoms with Gasteiger partial charge in [-0.25, -0.2) is 0 Å². The maximum atomic E-state index is 12.8. The molecule has 1 atom stereocenters. The van der Waals surface area contributed by atoms with Crippen molar-refractivity contribution in [1.82, 2.24) is 14.8 Å². The molecular weight excluding hydrogens is 460 g/mol. The molecule has 0 spiro atoms. The fraction of sp³-hybridized carbons (Fsp3) is 0.182. The van der Waals surface area contributed by atoms with Gasteiger partial charge >= 0.3 is 5.56 Å². The molecule has 172 valence electrons. The van der Waals surface area contributed by atoms with E-state index in [0.717, 1.165) is 10.2 Å². The first-order valence-corrected chi connectivity index (χ1v) is 10.3. The van der Waals surface area contributed by atoms with Crippen LogP contribution in [0.15, 0.2) is 41.2 Å². The lowest BCUT2D eigenvalue weighted by Gasteiger charge is -2.16. The number of anilines is 4. The third kappa shape index (κ3) is 5.48. The van der Waals surface area contributed by atoms with E-state index in [9.17, 15) is 9.59 Å². The third-order valence-electron chi connectivity index (χ3n) is 4.63. The smallest absolute Gasteiger partial charge is 0.311 e. The highest BCUT2D eigenvalue weighted by Gasteiger charge is 2.18. The molecule has 1 heterocycles. The molecule has 2 aromatic carbocycles. The number of carbonyl (C=O) groups excluding carboxylic acids is 1. The number of benzene rings is 2. The number of aldehydes is 1. The summed E-state index contributed by atoms with van der Waals surface area (Å²) in [6, 6.07) is 13.8. The second-order valence-electron chi connectivity index (χ2n) is 6.91. The molecule has 1 aromatic heterocycles. The Balaban J connectivity index is 2.03. The molecule has 0 amide bonds. The lowest BCUT2D eigenvalue weighted by Crippen LogP contribution is -2.35. The Morgan fingerprint density at radius 1 is 1.26 bits per heavy atom. The first kappa shape index (κ1) is 24.2. The molecular formula is C22H19ClN8O3. The summed E-state index contributed by atoms with van der Waals surface area (Å²) in [6.07, 6.45) is -0.195. The Bertz CT molecular complexity index is 1340. The van der Waals surface area contributed by atoms with Crippen molar-refractivity contribution in [3.8, 4) is 17.9 Å². The summed E-state index contributed by atoms with van der Waals surface area (Å²) in [5.74, 6) is 0.112. The van der Waals surface area contributed by atoms with Crippen molar-refractivity contribution in [2.45, 2.75) is 19.0 Å². The molecule has 0 aliphatic rings. The standard InChI is InChI=1S/C22H19ClN8O3/c1-34-17-10-14(3-2-8-24)9-16(23)19(17)28-22-29-20(21(33)31(30-22)18(26)12-32)27-15-6-4-13(11-25)5-7-15/h4-7,9-10,12,18H,2-3,26H2,1H3,(H2,27,28,29,30). The summed E-state index contributed by atoms with van der Waals surface area (Å²) >= 11 is 6.43. The highest BCUT2D eigenvalue weighted by Crippen LogP contribution is 2.36. The van der Waals surface area contributed by atoms with Crippen LogP contribution in [0.1, 0.15) is 23.7 Å². The zero-order chi connectivity index (χ0) is 24.7. The number of carbonyl (C=O) groups is 1. The zero-order valence-corrected chi connectivity index (χ0v) is 18.7. The number of aryl methyl sites for hydroxylation is 1. The fourth-order valence-corrected chi connectivity index (χ4v) is 3.24. The summed E-state index contributed by atoms with van der Waals surface area (Å²) in [5, 5.41) is 27.8. The number of nitriles is 2. The minimum absolute atomic E-state index is 0.0852. The molecule has 0 aliphatic carbocycles. The first-order chi connectivity index (χ1) is 16.4. The lowest BCUT2D eigenvalue weighted by molar-refractivity contribution is -0.110. The minimum Gasteiger partial charge on any atom is -0.495 e. The number of methoxy groups -OCH3 is 1. The number of hydrogen-bond donors (Lipinski definition) is 3. The number of aromatic nitrogens is 3. The van der Waals surface area contributed by atoms with Crippen LogP contribution in [-0.2, 0) is 11.2 Å². The fourth-order valence-electron chi connectivity index (χ4n) is 2.96. The van der Waals surface area contributed by atoms with E-state index in [0.29, 0.717) is 41.8 Å². The molecule has 3 aromatic rings. The van der Waals surface area contributed by atoms with Crippen molar-refractivity contribution in [1.29, 1.82) is 10.5 Å². The van der Waals surface area contributed by atoms with Gasteiger partial charge in [0.15, 0.2) is 12.5 Å². The van der Waals surface area contributed by atoms with Gasteiger partial charge in [0.1, 0.15) is 11.4 Å². The average Bonchev–Trinajstić information content (AvgIpc) is 2.85. The summed E-state index contributed by atoms with van der Waals surface area (Å²) < 4.78 is 6.19.